The van der Waals surface area contributed by atoms with E-state index in [-0.39, 0.29) is 5.69 Å². The molecule has 0 aliphatic carbocycles. The SMILES string of the molecule is COc1cc(/C=N/NC(=O)c2cnc(C)cn2)cc(OC)c1. The van der Waals surface area contributed by atoms with Crippen molar-refractivity contribution in [2.75, 3.05) is 14.2 Å². The fourth-order valence-electron chi connectivity index (χ4n) is 1.64. The van der Waals surface area contributed by atoms with Crippen LogP contribution in [-0.2, 0) is 0 Å². The van der Waals surface area contributed by atoms with Crippen LogP contribution in [0.3, 0.4) is 0 Å². The molecule has 1 aromatic heterocycles. The first-order valence-corrected chi connectivity index (χ1v) is 6.47. The van der Waals surface area contributed by atoms with Crippen LogP contribution >= 0.6 is 0 Å². The summed E-state index contributed by atoms with van der Waals surface area (Å²) in [6.45, 7) is 1.79. The molecule has 0 atom stereocenters. The minimum absolute atomic E-state index is 0.200. The van der Waals surface area contributed by atoms with Crippen LogP contribution in [0.4, 0.5) is 0 Å². The maximum atomic E-state index is 11.8. The summed E-state index contributed by atoms with van der Waals surface area (Å²) in [5.74, 6) is 0.840. The molecule has 0 aliphatic rings. The molecular formula is C15H16N4O3. The van der Waals surface area contributed by atoms with Crippen molar-refractivity contribution in [1.29, 1.82) is 0 Å². The van der Waals surface area contributed by atoms with Gasteiger partial charge in [-0.25, -0.2) is 10.4 Å². The van der Waals surface area contributed by atoms with Crippen molar-refractivity contribution in [2.24, 2.45) is 5.10 Å². The molecule has 0 bridgehead atoms. The fraction of sp³-hybridized carbons (Fsp3) is 0.200. The van der Waals surface area contributed by atoms with E-state index in [0.29, 0.717) is 11.5 Å². The van der Waals surface area contributed by atoms with Gasteiger partial charge in [0.15, 0.2) is 0 Å². The van der Waals surface area contributed by atoms with Gasteiger partial charge in [-0.1, -0.05) is 0 Å². The van der Waals surface area contributed by atoms with Crippen LogP contribution < -0.4 is 14.9 Å². The number of aromatic nitrogens is 2. The predicted molar refractivity (Wildman–Crippen MR) is 81.4 cm³/mol. The normalized spacial score (nSPS) is 10.5. The van der Waals surface area contributed by atoms with Gasteiger partial charge in [-0.3, -0.25) is 9.78 Å². The smallest absolute Gasteiger partial charge is 0.291 e. The first kappa shape index (κ1) is 15.4. The van der Waals surface area contributed by atoms with E-state index in [1.165, 1.54) is 18.6 Å². The number of methoxy groups -OCH3 is 2. The number of aryl methyl sites for hydroxylation is 1. The van der Waals surface area contributed by atoms with Crippen molar-refractivity contribution < 1.29 is 14.3 Å². The van der Waals surface area contributed by atoms with Crippen molar-refractivity contribution in [3.8, 4) is 11.5 Å². The van der Waals surface area contributed by atoms with Gasteiger partial charge < -0.3 is 9.47 Å². The molecule has 1 aromatic carbocycles. The van der Waals surface area contributed by atoms with Crippen molar-refractivity contribution in [3.63, 3.8) is 0 Å². The third-order valence-corrected chi connectivity index (χ3v) is 2.77. The lowest BCUT2D eigenvalue weighted by Crippen LogP contribution is -2.19. The highest BCUT2D eigenvalue weighted by atomic mass is 16.5. The Labute approximate surface area is 128 Å². The van der Waals surface area contributed by atoms with Crippen molar-refractivity contribution >= 4 is 12.1 Å². The van der Waals surface area contributed by atoms with Gasteiger partial charge in [0.25, 0.3) is 5.91 Å². The highest BCUT2D eigenvalue weighted by Gasteiger charge is 2.06. The maximum Gasteiger partial charge on any atom is 0.291 e. The molecular weight excluding hydrogens is 284 g/mol. The number of amides is 1. The Kier molecular flexibility index (Phi) is 5.02. The third-order valence-electron chi connectivity index (χ3n) is 2.77. The second-order valence-corrected chi connectivity index (χ2v) is 4.39. The molecule has 2 aromatic rings. The molecule has 0 aliphatic heterocycles. The van der Waals surface area contributed by atoms with Crippen LogP contribution in [0.2, 0.25) is 0 Å². The van der Waals surface area contributed by atoms with Crippen molar-refractivity contribution in [3.05, 3.63) is 47.5 Å². The van der Waals surface area contributed by atoms with Crippen LogP contribution in [0.15, 0.2) is 35.7 Å². The van der Waals surface area contributed by atoms with Gasteiger partial charge >= 0.3 is 0 Å². The van der Waals surface area contributed by atoms with Gasteiger partial charge in [0.2, 0.25) is 0 Å². The first-order chi connectivity index (χ1) is 10.6. The number of hydrogen-bond acceptors (Lipinski definition) is 6. The highest BCUT2D eigenvalue weighted by Crippen LogP contribution is 2.21. The van der Waals surface area contributed by atoms with Crippen molar-refractivity contribution in [2.45, 2.75) is 6.92 Å². The molecule has 1 N–H and O–H groups in total. The van der Waals surface area contributed by atoms with Gasteiger partial charge in [0, 0.05) is 17.8 Å². The number of nitrogens with one attached hydrogen (secondary N) is 1. The van der Waals surface area contributed by atoms with Crippen LogP contribution in [0.5, 0.6) is 11.5 Å². The van der Waals surface area contributed by atoms with E-state index in [2.05, 4.69) is 20.5 Å². The van der Waals surface area contributed by atoms with Gasteiger partial charge in [-0.05, 0) is 19.1 Å². The molecule has 1 heterocycles. The molecule has 2 rings (SSSR count). The molecule has 7 heteroatoms. The van der Waals surface area contributed by atoms with Gasteiger partial charge in [0.05, 0.1) is 32.3 Å². The van der Waals surface area contributed by atoms with E-state index in [9.17, 15) is 4.79 Å². The van der Waals surface area contributed by atoms with Crippen LogP contribution in [-0.4, -0.2) is 36.3 Å². The molecule has 0 spiro atoms. The number of carbonyl (C=O) groups is 1. The van der Waals surface area contributed by atoms with Crippen LogP contribution in [0.25, 0.3) is 0 Å². The number of rotatable bonds is 5. The average molecular weight is 300 g/mol. The minimum Gasteiger partial charge on any atom is -0.497 e. The zero-order chi connectivity index (χ0) is 15.9. The van der Waals surface area contributed by atoms with E-state index < -0.39 is 5.91 Å². The summed E-state index contributed by atoms with van der Waals surface area (Å²) >= 11 is 0. The van der Waals surface area contributed by atoms with E-state index in [4.69, 9.17) is 9.47 Å². The largest absolute Gasteiger partial charge is 0.497 e. The Morgan fingerprint density at radius 2 is 1.82 bits per heavy atom. The standard InChI is InChI=1S/C15H16N4O3/c1-10-7-17-14(9-16-10)15(20)19-18-8-11-4-12(21-2)6-13(5-11)22-3/h4-9H,1-3H3,(H,19,20)/b18-8+. The summed E-state index contributed by atoms with van der Waals surface area (Å²) in [5, 5.41) is 3.89. The molecule has 7 nitrogen and oxygen atoms in total. The summed E-state index contributed by atoms with van der Waals surface area (Å²) in [7, 11) is 3.13. The van der Waals surface area contributed by atoms with Crippen LogP contribution in [0.1, 0.15) is 21.7 Å². The lowest BCUT2D eigenvalue weighted by Gasteiger charge is -2.05. The Balaban J connectivity index is 2.05. The molecule has 22 heavy (non-hydrogen) atoms. The topological polar surface area (TPSA) is 85.7 Å². The van der Waals surface area contributed by atoms with Gasteiger partial charge in [-0.2, -0.15) is 5.10 Å². The molecule has 0 saturated heterocycles. The van der Waals surface area contributed by atoms with E-state index in [0.717, 1.165) is 11.3 Å². The fourth-order valence-corrected chi connectivity index (χ4v) is 1.64. The highest BCUT2D eigenvalue weighted by molar-refractivity contribution is 5.92. The summed E-state index contributed by atoms with van der Waals surface area (Å²) in [6.07, 6.45) is 4.41. The Bertz CT molecular complexity index is 661. The van der Waals surface area contributed by atoms with Crippen molar-refractivity contribution in [1.82, 2.24) is 15.4 Å². The number of nitrogens with zero attached hydrogens (tertiary/aromatic N) is 3. The van der Waals surface area contributed by atoms with Gasteiger partial charge in [0.1, 0.15) is 17.2 Å². The second-order valence-electron chi connectivity index (χ2n) is 4.39. The number of hydrazone groups is 1. The zero-order valence-corrected chi connectivity index (χ0v) is 12.5. The predicted octanol–water partition coefficient (Wildman–Crippen LogP) is 1.57. The third kappa shape index (κ3) is 4.02. The number of hydrogen-bond donors (Lipinski definition) is 1. The van der Waals surface area contributed by atoms with E-state index in [1.807, 2.05) is 0 Å². The van der Waals surface area contributed by atoms with E-state index in [1.54, 1.807) is 39.3 Å². The second kappa shape index (κ2) is 7.16. The maximum absolute atomic E-state index is 11.8. The van der Waals surface area contributed by atoms with E-state index >= 15 is 0 Å². The summed E-state index contributed by atoms with van der Waals surface area (Å²) in [6, 6.07) is 5.28. The summed E-state index contributed by atoms with van der Waals surface area (Å²) < 4.78 is 10.3. The summed E-state index contributed by atoms with van der Waals surface area (Å²) in [5.41, 5.74) is 4.06. The minimum atomic E-state index is -0.432. The lowest BCUT2D eigenvalue weighted by molar-refractivity contribution is 0.0949. The Morgan fingerprint density at radius 3 is 2.36 bits per heavy atom. The molecule has 1 amide bonds. The zero-order valence-electron chi connectivity index (χ0n) is 12.5. The lowest BCUT2D eigenvalue weighted by atomic mass is 10.2. The molecule has 114 valence electrons. The number of benzene rings is 1. The molecule has 0 radical (unpaired) electrons. The Morgan fingerprint density at radius 1 is 1.14 bits per heavy atom. The molecule has 0 fully saturated rings. The summed E-state index contributed by atoms with van der Waals surface area (Å²) in [4.78, 5) is 19.8. The first-order valence-electron chi connectivity index (χ1n) is 6.47. The molecule has 0 saturated carbocycles. The van der Waals surface area contributed by atoms with Crippen LogP contribution in [0, 0.1) is 6.92 Å². The number of carbonyl (C=O) groups excluding carboxylic acids is 1. The average Bonchev–Trinajstić information content (AvgIpc) is 2.55. The monoisotopic (exact) mass is 300 g/mol. The quantitative estimate of drug-likeness (QED) is 0.669. The molecule has 0 unspecified atom stereocenters. The Hall–Kier alpha value is -2.96. The van der Waals surface area contributed by atoms with Gasteiger partial charge in [-0.15, -0.1) is 0 Å². The number of ether oxygens (including phenoxy) is 2.